The summed E-state index contributed by atoms with van der Waals surface area (Å²) in [7, 11) is 0. The first-order valence-corrected chi connectivity index (χ1v) is 12.1. The number of fused-ring (bicyclic) bond motifs is 1. The van der Waals surface area contributed by atoms with Gasteiger partial charge in [-0.05, 0) is 56.4 Å². The van der Waals surface area contributed by atoms with Crippen LogP contribution in [0.15, 0.2) is 48.5 Å². The van der Waals surface area contributed by atoms with E-state index < -0.39 is 6.04 Å². The highest BCUT2D eigenvalue weighted by molar-refractivity contribution is 5.99. The number of carbonyl (C=O) groups is 2. The highest BCUT2D eigenvalue weighted by Gasteiger charge is 2.34. The van der Waals surface area contributed by atoms with Gasteiger partial charge in [0, 0.05) is 32.5 Å². The van der Waals surface area contributed by atoms with E-state index in [0.29, 0.717) is 25.8 Å². The number of hydrogen-bond acceptors (Lipinski definition) is 4. The Kier molecular flexibility index (Phi) is 6.28. The number of piperidine rings is 1. The molecule has 0 spiro atoms. The molecule has 1 aromatic heterocycles. The molecular weight excluding hydrogens is 414 g/mol. The number of para-hydroxylation sites is 4. The van der Waals surface area contributed by atoms with Crippen molar-refractivity contribution >= 4 is 34.2 Å². The zero-order chi connectivity index (χ0) is 22.6. The van der Waals surface area contributed by atoms with Crippen molar-refractivity contribution in [2.24, 2.45) is 0 Å². The molecule has 2 aliphatic rings. The molecule has 2 saturated heterocycles. The molecule has 2 N–H and O–H groups in total. The lowest BCUT2D eigenvalue weighted by Gasteiger charge is -2.31. The normalized spacial score (nSPS) is 18.6. The van der Waals surface area contributed by atoms with Crippen LogP contribution < -0.4 is 10.2 Å². The first-order valence-electron chi connectivity index (χ1n) is 12.1. The Morgan fingerprint density at radius 2 is 1.76 bits per heavy atom. The maximum absolute atomic E-state index is 13.2. The molecule has 172 valence electrons. The Hall–Kier alpha value is -3.35. The fourth-order valence-electron chi connectivity index (χ4n) is 5.04. The van der Waals surface area contributed by atoms with Crippen molar-refractivity contribution in [2.45, 2.75) is 51.0 Å². The van der Waals surface area contributed by atoms with Crippen LogP contribution in [0.5, 0.6) is 0 Å². The van der Waals surface area contributed by atoms with Crippen LogP contribution in [0.3, 0.4) is 0 Å². The average Bonchev–Trinajstić information content (AvgIpc) is 3.51. The van der Waals surface area contributed by atoms with Crippen LogP contribution in [-0.4, -0.2) is 52.4 Å². The van der Waals surface area contributed by atoms with Gasteiger partial charge in [0.15, 0.2) is 0 Å². The zero-order valence-electron chi connectivity index (χ0n) is 18.9. The number of aryl methyl sites for hydroxylation is 1. The van der Waals surface area contributed by atoms with Crippen LogP contribution in [0.1, 0.15) is 44.3 Å². The number of amides is 2. The molecule has 2 amide bonds. The van der Waals surface area contributed by atoms with Gasteiger partial charge in [-0.1, -0.05) is 24.3 Å². The van der Waals surface area contributed by atoms with Gasteiger partial charge in [0.25, 0.3) is 0 Å². The molecule has 2 aliphatic heterocycles. The van der Waals surface area contributed by atoms with E-state index >= 15 is 0 Å². The van der Waals surface area contributed by atoms with E-state index in [1.165, 1.54) is 19.3 Å². The second-order valence-corrected chi connectivity index (χ2v) is 9.00. The summed E-state index contributed by atoms with van der Waals surface area (Å²) in [6.07, 6.45) is 6.05. The topological polar surface area (TPSA) is 81.3 Å². The molecule has 2 aromatic carbocycles. The van der Waals surface area contributed by atoms with E-state index in [9.17, 15) is 9.59 Å². The number of benzene rings is 2. The molecule has 0 radical (unpaired) electrons. The van der Waals surface area contributed by atoms with E-state index in [2.05, 4.69) is 26.3 Å². The van der Waals surface area contributed by atoms with E-state index in [1.807, 2.05) is 42.5 Å². The summed E-state index contributed by atoms with van der Waals surface area (Å²) in [5, 5.41) is 3.13. The summed E-state index contributed by atoms with van der Waals surface area (Å²) >= 11 is 0. The van der Waals surface area contributed by atoms with E-state index in [1.54, 1.807) is 4.90 Å². The van der Waals surface area contributed by atoms with Gasteiger partial charge in [0.1, 0.15) is 11.9 Å². The van der Waals surface area contributed by atoms with Crippen molar-refractivity contribution in [1.29, 1.82) is 0 Å². The van der Waals surface area contributed by atoms with Crippen LogP contribution in [0.4, 0.5) is 11.4 Å². The third-order valence-corrected chi connectivity index (χ3v) is 6.75. The Bertz CT molecular complexity index is 1100. The SMILES string of the molecule is O=C(Nc1ccccc1N1CCCCC1)[C@@H]1CCCN1C(=O)CCc1nc2ccccc2[nH]1. The maximum Gasteiger partial charge on any atom is 0.247 e. The smallest absolute Gasteiger partial charge is 0.247 e. The number of anilines is 2. The second kappa shape index (κ2) is 9.65. The number of nitrogens with one attached hydrogen (secondary N) is 2. The molecule has 3 heterocycles. The predicted molar refractivity (Wildman–Crippen MR) is 130 cm³/mol. The predicted octanol–water partition coefficient (Wildman–Crippen LogP) is 4.12. The van der Waals surface area contributed by atoms with Crippen LogP contribution >= 0.6 is 0 Å². The van der Waals surface area contributed by atoms with Gasteiger partial charge in [0.2, 0.25) is 11.8 Å². The highest BCUT2D eigenvalue weighted by atomic mass is 16.2. The van der Waals surface area contributed by atoms with Crippen LogP contribution in [0, 0.1) is 0 Å². The van der Waals surface area contributed by atoms with Crippen molar-refractivity contribution in [3.8, 4) is 0 Å². The lowest BCUT2D eigenvalue weighted by atomic mass is 10.1. The van der Waals surface area contributed by atoms with Gasteiger partial charge in [-0.15, -0.1) is 0 Å². The average molecular weight is 446 g/mol. The first kappa shape index (κ1) is 21.5. The largest absolute Gasteiger partial charge is 0.370 e. The molecule has 33 heavy (non-hydrogen) atoms. The summed E-state index contributed by atoms with van der Waals surface area (Å²) in [6, 6.07) is 15.5. The highest BCUT2D eigenvalue weighted by Crippen LogP contribution is 2.29. The lowest BCUT2D eigenvalue weighted by Crippen LogP contribution is -2.43. The zero-order valence-corrected chi connectivity index (χ0v) is 18.9. The number of nitrogens with zero attached hydrogens (tertiary/aromatic N) is 3. The fourth-order valence-corrected chi connectivity index (χ4v) is 5.04. The molecule has 3 aromatic rings. The van der Waals surface area contributed by atoms with Crippen LogP contribution in [0.25, 0.3) is 11.0 Å². The number of aromatic amines is 1. The van der Waals surface area contributed by atoms with Gasteiger partial charge in [-0.25, -0.2) is 4.98 Å². The minimum Gasteiger partial charge on any atom is -0.370 e. The van der Waals surface area contributed by atoms with Gasteiger partial charge >= 0.3 is 0 Å². The van der Waals surface area contributed by atoms with E-state index in [0.717, 1.165) is 47.7 Å². The number of H-pyrrole nitrogens is 1. The molecule has 0 unspecified atom stereocenters. The molecular formula is C26H31N5O2. The summed E-state index contributed by atoms with van der Waals surface area (Å²) in [4.78, 5) is 38.2. The van der Waals surface area contributed by atoms with Crippen LogP contribution in [0.2, 0.25) is 0 Å². The maximum atomic E-state index is 13.2. The van der Waals surface area contributed by atoms with Crippen molar-refractivity contribution in [3.05, 3.63) is 54.4 Å². The van der Waals surface area contributed by atoms with E-state index in [4.69, 9.17) is 0 Å². The Balaban J connectivity index is 1.23. The summed E-state index contributed by atoms with van der Waals surface area (Å²) in [5.74, 6) is 0.728. The third kappa shape index (κ3) is 4.72. The van der Waals surface area contributed by atoms with Gasteiger partial charge in [-0.3, -0.25) is 9.59 Å². The molecule has 0 aliphatic carbocycles. The minimum atomic E-state index is -0.414. The molecule has 5 rings (SSSR count). The number of aromatic nitrogens is 2. The Morgan fingerprint density at radius 3 is 2.61 bits per heavy atom. The number of likely N-dealkylation sites (tertiary alicyclic amines) is 1. The lowest BCUT2D eigenvalue weighted by molar-refractivity contribution is -0.136. The number of rotatable bonds is 6. The quantitative estimate of drug-likeness (QED) is 0.598. The van der Waals surface area contributed by atoms with Crippen LogP contribution in [-0.2, 0) is 16.0 Å². The van der Waals surface area contributed by atoms with Gasteiger partial charge in [0.05, 0.1) is 22.4 Å². The number of hydrogen-bond donors (Lipinski definition) is 2. The van der Waals surface area contributed by atoms with Crippen molar-refractivity contribution in [3.63, 3.8) is 0 Å². The van der Waals surface area contributed by atoms with Gasteiger partial charge < -0.3 is 20.1 Å². The third-order valence-electron chi connectivity index (χ3n) is 6.75. The summed E-state index contributed by atoms with van der Waals surface area (Å²) < 4.78 is 0. The number of imidazole rings is 1. The first-order chi connectivity index (χ1) is 16.2. The van der Waals surface area contributed by atoms with Crippen molar-refractivity contribution < 1.29 is 9.59 Å². The molecule has 0 saturated carbocycles. The summed E-state index contributed by atoms with van der Waals surface area (Å²) in [5.41, 5.74) is 3.80. The van der Waals surface area contributed by atoms with Crippen molar-refractivity contribution in [1.82, 2.24) is 14.9 Å². The molecule has 7 nitrogen and oxygen atoms in total. The monoisotopic (exact) mass is 445 g/mol. The molecule has 2 fully saturated rings. The molecule has 0 bridgehead atoms. The molecule has 7 heteroatoms. The Morgan fingerprint density at radius 1 is 0.970 bits per heavy atom. The fraction of sp³-hybridized carbons (Fsp3) is 0.423. The second-order valence-electron chi connectivity index (χ2n) is 9.00. The number of carbonyl (C=O) groups excluding carboxylic acids is 2. The standard InChI is InChI=1S/C26H31N5O2/c32-25(15-14-24-27-19-9-2-3-10-20(19)28-24)31-18-8-13-23(31)26(33)29-21-11-4-5-12-22(21)30-16-6-1-7-17-30/h2-5,9-12,23H,1,6-8,13-18H2,(H,27,28)(H,29,33)/t23-/m0/s1. The van der Waals surface area contributed by atoms with Crippen molar-refractivity contribution in [2.75, 3.05) is 29.9 Å². The van der Waals surface area contributed by atoms with Gasteiger partial charge in [-0.2, -0.15) is 0 Å². The summed E-state index contributed by atoms with van der Waals surface area (Å²) in [6.45, 7) is 2.66. The van der Waals surface area contributed by atoms with E-state index in [-0.39, 0.29) is 11.8 Å². The Labute approximate surface area is 194 Å². The minimum absolute atomic E-state index is 0.0115. The molecule has 1 atom stereocenters.